The first kappa shape index (κ1) is 14.3. The van der Waals surface area contributed by atoms with Gasteiger partial charge in [0.05, 0.1) is 0 Å². The highest BCUT2D eigenvalue weighted by atomic mass is 16.4. The zero-order valence-electron chi connectivity index (χ0n) is 13.1. The van der Waals surface area contributed by atoms with E-state index < -0.39 is 0 Å². The largest absolute Gasteiger partial charge is 0.422 e. The summed E-state index contributed by atoms with van der Waals surface area (Å²) >= 11 is 0. The van der Waals surface area contributed by atoms with E-state index in [1.54, 1.807) is 6.07 Å². The summed E-state index contributed by atoms with van der Waals surface area (Å²) in [6.07, 6.45) is 2.56. The summed E-state index contributed by atoms with van der Waals surface area (Å²) < 4.78 is 5.45. The topological polar surface area (TPSA) is 33.5 Å². The number of rotatable bonds is 2. The van der Waals surface area contributed by atoms with E-state index >= 15 is 0 Å². The number of hydrogen-bond donors (Lipinski definition) is 0. The van der Waals surface area contributed by atoms with Crippen molar-refractivity contribution in [3.8, 4) is 0 Å². The molecule has 112 valence electrons. The van der Waals surface area contributed by atoms with Crippen LogP contribution in [-0.2, 0) is 6.54 Å². The van der Waals surface area contributed by atoms with Gasteiger partial charge in [-0.25, -0.2) is 4.79 Å². The molecular formula is C18H23NO2. The predicted octanol–water partition coefficient (Wildman–Crippen LogP) is 3.64. The van der Waals surface area contributed by atoms with Gasteiger partial charge in [-0.3, -0.25) is 4.90 Å². The number of piperidine rings is 1. The molecule has 1 fully saturated rings. The summed E-state index contributed by atoms with van der Waals surface area (Å²) in [4.78, 5) is 14.3. The van der Waals surface area contributed by atoms with Crippen LogP contribution in [0.2, 0.25) is 0 Å². The molecule has 0 amide bonds. The van der Waals surface area contributed by atoms with E-state index in [9.17, 15) is 4.79 Å². The molecule has 2 aromatic rings. The lowest BCUT2D eigenvalue weighted by atomic mass is 9.98. The monoisotopic (exact) mass is 285 g/mol. The Balaban J connectivity index is 2.02. The minimum atomic E-state index is -0.240. The van der Waals surface area contributed by atoms with Gasteiger partial charge in [0.2, 0.25) is 0 Å². The lowest BCUT2D eigenvalue weighted by molar-refractivity contribution is 0.177. The zero-order chi connectivity index (χ0) is 15.0. The lowest BCUT2D eigenvalue weighted by Crippen LogP contribution is -2.34. The van der Waals surface area contributed by atoms with Gasteiger partial charge in [-0.2, -0.15) is 0 Å². The van der Waals surface area contributed by atoms with Crippen molar-refractivity contribution in [2.75, 3.05) is 13.1 Å². The Bertz CT molecular complexity index is 717. The van der Waals surface area contributed by atoms with Gasteiger partial charge in [0.25, 0.3) is 0 Å². The number of nitrogens with zero attached hydrogens (tertiary/aromatic N) is 1. The summed E-state index contributed by atoms with van der Waals surface area (Å²) in [5.41, 5.74) is 3.84. The molecule has 0 N–H and O–H groups in total. The van der Waals surface area contributed by atoms with E-state index in [0.29, 0.717) is 0 Å². The van der Waals surface area contributed by atoms with Crippen LogP contribution in [-0.4, -0.2) is 18.0 Å². The molecule has 0 aliphatic carbocycles. The van der Waals surface area contributed by atoms with Crippen LogP contribution in [0.1, 0.15) is 36.5 Å². The Morgan fingerprint density at radius 2 is 2.14 bits per heavy atom. The second-order valence-corrected chi connectivity index (χ2v) is 6.46. The van der Waals surface area contributed by atoms with Crippen molar-refractivity contribution in [3.05, 3.63) is 45.3 Å². The molecule has 0 bridgehead atoms. The quantitative estimate of drug-likeness (QED) is 0.790. The molecule has 1 saturated heterocycles. The molecule has 1 aromatic carbocycles. The maximum absolute atomic E-state index is 11.9. The molecule has 1 aliphatic heterocycles. The molecule has 3 nitrogen and oxygen atoms in total. The highest BCUT2D eigenvalue weighted by Crippen LogP contribution is 2.25. The molecule has 0 unspecified atom stereocenters. The smallest absolute Gasteiger partial charge is 0.336 e. The molecule has 1 aromatic heterocycles. The molecule has 0 spiro atoms. The van der Waals surface area contributed by atoms with Crippen LogP contribution in [0, 0.1) is 19.8 Å². The Kier molecular flexibility index (Phi) is 3.85. The third-order valence-corrected chi connectivity index (χ3v) is 4.65. The summed E-state index contributed by atoms with van der Waals surface area (Å²) in [5, 5.41) is 1.08. The van der Waals surface area contributed by atoms with E-state index in [1.165, 1.54) is 12.8 Å². The van der Waals surface area contributed by atoms with Gasteiger partial charge in [0.1, 0.15) is 5.58 Å². The van der Waals surface area contributed by atoms with E-state index in [2.05, 4.69) is 24.0 Å². The molecule has 2 heterocycles. The van der Waals surface area contributed by atoms with Gasteiger partial charge in [-0.05, 0) is 55.8 Å². The molecule has 21 heavy (non-hydrogen) atoms. The van der Waals surface area contributed by atoms with Crippen molar-refractivity contribution < 1.29 is 4.42 Å². The molecular weight excluding hydrogens is 262 g/mol. The standard InChI is InChI=1S/C18H23NO2/c1-12-5-4-8-19(10-12)11-15-9-17(20)21-18-14(3)13(2)6-7-16(15)18/h6-7,9,12H,4-5,8,10-11H2,1-3H3/t12-/m1/s1. The molecule has 0 radical (unpaired) electrons. The fourth-order valence-corrected chi connectivity index (χ4v) is 3.33. The predicted molar refractivity (Wildman–Crippen MR) is 85.6 cm³/mol. The fraction of sp³-hybridized carbons (Fsp3) is 0.500. The SMILES string of the molecule is Cc1ccc2c(CN3CCC[C@@H](C)C3)cc(=O)oc2c1C. The second-order valence-electron chi connectivity index (χ2n) is 6.46. The van der Waals surface area contributed by atoms with Crippen LogP contribution in [0.25, 0.3) is 11.0 Å². The molecule has 3 rings (SSSR count). The van der Waals surface area contributed by atoms with Gasteiger partial charge >= 0.3 is 5.63 Å². The fourth-order valence-electron chi connectivity index (χ4n) is 3.33. The first-order valence-corrected chi connectivity index (χ1v) is 7.80. The van der Waals surface area contributed by atoms with Crippen LogP contribution in [0.5, 0.6) is 0 Å². The second kappa shape index (κ2) is 5.64. The van der Waals surface area contributed by atoms with Crippen molar-refractivity contribution in [3.63, 3.8) is 0 Å². The van der Waals surface area contributed by atoms with E-state index in [0.717, 1.165) is 53.2 Å². The molecule has 1 aliphatic rings. The van der Waals surface area contributed by atoms with Crippen LogP contribution in [0.3, 0.4) is 0 Å². The molecule has 1 atom stereocenters. The van der Waals surface area contributed by atoms with Gasteiger partial charge in [0, 0.05) is 24.5 Å². The normalized spacial score (nSPS) is 20.0. The van der Waals surface area contributed by atoms with Crippen LogP contribution < -0.4 is 5.63 Å². The van der Waals surface area contributed by atoms with E-state index in [4.69, 9.17) is 4.42 Å². The van der Waals surface area contributed by atoms with Crippen LogP contribution >= 0.6 is 0 Å². The number of likely N-dealkylation sites (tertiary alicyclic amines) is 1. The maximum Gasteiger partial charge on any atom is 0.336 e. The molecule has 3 heteroatoms. The van der Waals surface area contributed by atoms with Crippen molar-refractivity contribution in [2.24, 2.45) is 5.92 Å². The molecule has 0 saturated carbocycles. The summed E-state index contributed by atoms with van der Waals surface area (Å²) in [7, 11) is 0. The van der Waals surface area contributed by atoms with E-state index in [1.807, 2.05) is 13.8 Å². The summed E-state index contributed by atoms with van der Waals surface area (Å²) in [6.45, 7) is 9.46. The Morgan fingerprint density at radius 1 is 1.33 bits per heavy atom. The average Bonchev–Trinajstić information content (AvgIpc) is 2.43. The third kappa shape index (κ3) is 2.88. The van der Waals surface area contributed by atoms with Gasteiger partial charge in [-0.15, -0.1) is 0 Å². The Labute approximate surface area is 125 Å². The zero-order valence-corrected chi connectivity index (χ0v) is 13.1. The Hall–Kier alpha value is -1.61. The average molecular weight is 285 g/mol. The first-order chi connectivity index (χ1) is 10.0. The minimum Gasteiger partial charge on any atom is -0.422 e. The van der Waals surface area contributed by atoms with Crippen LogP contribution in [0.4, 0.5) is 0 Å². The Morgan fingerprint density at radius 3 is 2.90 bits per heavy atom. The minimum absolute atomic E-state index is 0.240. The van der Waals surface area contributed by atoms with Crippen molar-refractivity contribution in [2.45, 2.75) is 40.2 Å². The lowest BCUT2D eigenvalue weighted by Gasteiger charge is -2.31. The summed E-state index contributed by atoms with van der Waals surface area (Å²) in [5.74, 6) is 0.745. The summed E-state index contributed by atoms with van der Waals surface area (Å²) in [6, 6.07) is 5.86. The maximum atomic E-state index is 11.9. The van der Waals surface area contributed by atoms with Crippen molar-refractivity contribution in [1.82, 2.24) is 4.90 Å². The number of fused-ring (bicyclic) bond motifs is 1. The number of hydrogen-bond acceptors (Lipinski definition) is 3. The highest BCUT2D eigenvalue weighted by Gasteiger charge is 2.18. The third-order valence-electron chi connectivity index (χ3n) is 4.65. The van der Waals surface area contributed by atoms with E-state index in [-0.39, 0.29) is 5.63 Å². The van der Waals surface area contributed by atoms with Gasteiger partial charge in [-0.1, -0.05) is 19.1 Å². The van der Waals surface area contributed by atoms with Gasteiger partial charge in [0.15, 0.2) is 0 Å². The number of aryl methyl sites for hydroxylation is 2. The number of benzene rings is 1. The van der Waals surface area contributed by atoms with Crippen molar-refractivity contribution >= 4 is 11.0 Å². The van der Waals surface area contributed by atoms with Crippen molar-refractivity contribution in [1.29, 1.82) is 0 Å². The first-order valence-electron chi connectivity index (χ1n) is 7.80. The van der Waals surface area contributed by atoms with Crippen LogP contribution in [0.15, 0.2) is 27.4 Å². The van der Waals surface area contributed by atoms with Gasteiger partial charge < -0.3 is 4.42 Å². The highest BCUT2D eigenvalue weighted by molar-refractivity contribution is 5.83.